The van der Waals surface area contributed by atoms with Crippen molar-refractivity contribution in [2.45, 2.75) is 26.3 Å². The first-order chi connectivity index (χ1) is 19.2. The number of aliphatic hydroxyl groups excluding tert-OH is 1. The molecule has 2 aromatic carbocycles. The number of ether oxygens (including phenoxy) is 3. The number of nitrogens with two attached hydrogens (primary N) is 1. The summed E-state index contributed by atoms with van der Waals surface area (Å²) in [5.41, 5.74) is 6.24. The molecule has 0 bridgehead atoms. The van der Waals surface area contributed by atoms with Crippen LogP contribution in [0.25, 0.3) is 5.76 Å². The normalized spacial score (nSPS) is 19.3. The molecule has 10 nitrogen and oxygen atoms in total. The van der Waals surface area contributed by atoms with E-state index in [9.17, 15) is 19.5 Å². The van der Waals surface area contributed by atoms with E-state index in [0.717, 1.165) is 19.6 Å². The van der Waals surface area contributed by atoms with Crippen LogP contribution in [0.1, 0.15) is 37.4 Å². The number of rotatable bonds is 12. The van der Waals surface area contributed by atoms with Gasteiger partial charge in [0.25, 0.3) is 17.6 Å². The van der Waals surface area contributed by atoms with Crippen molar-refractivity contribution in [2.24, 2.45) is 11.7 Å². The SMILES string of the molecule is CC(C)COc1ccc(/C(O)=C2\C(=O)C(=O)N(CCCN3CCOCC3)C2c2ccc(OCC(N)=O)cc2)cc1. The molecule has 10 heteroatoms. The molecule has 0 spiro atoms. The molecule has 4 rings (SSSR count). The minimum atomic E-state index is -0.785. The number of carbonyl (C=O) groups is 3. The molecule has 214 valence electrons. The van der Waals surface area contributed by atoms with Crippen LogP contribution in [0, 0.1) is 5.92 Å². The van der Waals surface area contributed by atoms with Crippen molar-refractivity contribution in [3.05, 3.63) is 65.2 Å². The first kappa shape index (κ1) is 29.1. The van der Waals surface area contributed by atoms with Crippen LogP contribution < -0.4 is 15.2 Å². The molecule has 0 aromatic heterocycles. The number of morpholine rings is 1. The van der Waals surface area contributed by atoms with Crippen molar-refractivity contribution in [3.8, 4) is 11.5 Å². The van der Waals surface area contributed by atoms with E-state index in [1.807, 2.05) is 0 Å². The van der Waals surface area contributed by atoms with Gasteiger partial charge in [-0.2, -0.15) is 0 Å². The smallest absolute Gasteiger partial charge is 0.295 e. The Morgan fingerprint density at radius 1 is 1.00 bits per heavy atom. The first-order valence-corrected chi connectivity index (χ1v) is 13.6. The van der Waals surface area contributed by atoms with E-state index in [2.05, 4.69) is 18.7 Å². The fourth-order valence-electron chi connectivity index (χ4n) is 4.77. The Labute approximate surface area is 234 Å². The lowest BCUT2D eigenvalue weighted by Crippen LogP contribution is -2.38. The lowest BCUT2D eigenvalue weighted by atomic mass is 9.95. The summed E-state index contributed by atoms with van der Waals surface area (Å²) in [5.74, 6) is -0.801. The molecule has 2 aromatic rings. The number of carbonyl (C=O) groups excluding carboxylic acids is 3. The predicted molar refractivity (Wildman–Crippen MR) is 149 cm³/mol. The van der Waals surface area contributed by atoms with Gasteiger partial charge in [0.15, 0.2) is 6.61 Å². The van der Waals surface area contributed by atoms with Crippen molar-refractivity contribution >= 4 is 23.4 Å². The fourth-order valence-corrected chi connectivity index (χ4v) is 4.77. The van der Waals surface area contributed by atoms with Gasteiger partial charge in [-0.05, 0) is 54.3 Å². The maximum Gasteiger partial charge on any atom is 0.295 e. The minimum Gasteiger partial charge on any atom is -0.507 e. The van der Waals surface area contributed by atoms with E-state index in [4.69, 9.17) is 19.9 Å². The van der Waals surface area contributed by atoms with Crippen LogP contribution in [-0.4, -0.2) is 85.1 Å². The third-order valence-corrected chi connectivity index (χ3v) is 6.81. The van der Waals surface area contributed by atoms with Crippen LogP contribution in [0.15, 0.2) is 54.1 Å². The van der Waals surface area contributed by atoms with E-state index < -0.39 is 23.6 Å². The summed E-state index contributed by atoms with van der Waals surface area (Å²) in [6, 6.07) is 12.8. The van der Waals surface area contributed by atoms with Crippen molar-refractivity contribution in [3.63, 3.8) is 0 Å². The Bertz CT molecular complexity index is 1220. The second-order valence-corrected chi connectivity index (χ2v) is 10.4. The highest BCUT2D eigenvalue weighted by Gasteiger charge is 2.45. The highest BCUT2D eigenvalue weighted by molar-refractivity contribution is 6.46. The largest absolute Gasteiger partial charge is 0.507 e. The van der Waals surface area contributed by atoms with Gasteiger partial charge in [0.1, 0.15) is 17.3 Å². The number of ketones is 1. The molecule has 40 heavy (non-hydrogen) atoms. The summed E-state index contributed by atoms with van der Waals surface area (Å²) < 4.78 is 16.5. The number of primary amides is 1. The Morgan fingerprint density at radius 3 is 2.25 bits per heavy atom. The van der Waals surface area contributed by atoms with Gasteiger partial charge in [0.2, 0.25) is 0 Å². The lowest BCUT2D eigenvalue weighted by Gasteiger charge is -2.29. The molecule has 0 saturated carbocycles. The Balaban J connectivity index is 1.62. The maximum absolute atomic E-state index is 13.3. The number of benzene rings is 2. The van der Waals surface area contributed by atoms with Crippen LogP contribution in [0.4, 0.5) is 0 Å². The van der Waals surface area contributed by atoms with Gasteiger partial charge >= 0.3 is 0 Å². The number of nitrogens with zero attached hydrogens (tertiary/aromatic N) is 2. The molecule has 0 aliphatic carbocycles. The number of likely N-dealkylation sites (tertiary alicyclic amines) is 1. The Kier molecular flexibility index (Phi) is 9.79. The van der Waals surface area contributed by atoms with E-state index in [0.29, 0.717) is 61.3 Å². The quantitative estimate of drug-likeness (QED) is 0.234. The molecule has 2 aliphatic heterocycles. The number of hydrogen-bond donors (Lipinski definition) is 2. The molecule has 1 unspecified atom stereocenters. The molecular weight excluding hydrogens is 514 g/mol. The highest BCUT2D eigenvalue weighted by atomic mass is 16.5. The average Bonchev–Trinajstić information content (AvgIpc) is 3.21. The van der Waals surface area contributed by atoms with Gasteiger partial charge < -0.3 is 30.0 Å². The van der Waals surface area contributed by atoms with E-state index in [1.165, 1.54) is 4.90 Å². The standard InChI is InChI=1S/C30H37N3O7/c1-20(2)18-39-23-10-6-22(7-11-23)28(35)26-27(21-4-8-24(9-5-21)40-19-25(31)34)33(30(37)29(26)36)13-3-12-32-14-16-38-17-15-32/h4-11,20,27,35H,3,12-19H2,1-2H3,(H2,31,34)/b28-26+. The molecule has 3 N–H and O–H groups in total. The highest BCUT2D eigenvalue weighted by Crippen LogP contribution is 2.40. The summed E-state index contributed by atoms with van der Waals surface area (Å²) in [4.78, 5) is 41.5. The Hall–Kier alpha value is -3.89. The minimum absolute atomic E-state index is 0.0259. The molecular formula is C30H37N3O7. The number of Topliss-reactive ketones (excluding diaryl/α,β-unsaturated/α-hetero) is 1. The van der Waals surface area contributed by atoms with Gasteiger partial charge in [0, 0.05) is 31.7 Å². The molecule has 1 atom stereocenters. The van der Waals surface area contributed by atoms with E-state index in [-0.39, 0.29) is 17.9 Å². The van der Waals surface area contributed by atoms with Crippen LogP contribution in [-0.2, 0) is 19.1 Å². The van der Waals surface area contributed by atoms with Crippen LogP contribution >= 0.6 is 0 Å². The first-order valence-electron chi connectivity index (χ1n) is 13.6. The maximum atomic E-state index is 13.3. The average molecular weight is 552 g/mol. The number of aliphatic hydroxyl groups is 1. The fraction of sp³-hybridized carbons (Fsp3) is 0.433. The number of amides is 2. The third-order valence-electron chi connectivity index (χ3n) is 6.81. The summed E-state index contributed by atoms with van der Waals surface area (Å²) in [5, 5.41) is 11.3. The number of hydrogen-bond acceptors (Lipinski definition) is 8. The third kappa shape index (κ3) is 7.19. The summed E-state index contributed by atoms with van der Waals surface area (Å²) in [7, 11) is 0. The molecule has 2 amide bonds. The summed E-state index contributed by atoms with van der Waals surface area (Å²) >= 11 is 0. The van der Waals surface area contributed by atoms with Gasteiger partial charge in [-0.3, -0.25) is 19.3 Å². The molecule has 2 saturated heterocycles. The second kappa shape index (κ2) is 13.5. The predicted octanol–water partition coefficient (Wildman–Crippen LogP) is 2.73. The van der Waals surface area contributed by atoms with E-state index >= 15 is 0 Å². The van der Waals surface area contributed by atoms with Crippen LogP contribution in [0.5, 0.6) is 11.5 Å². The zero-order valence-electron chi connectivity index (χ0n) is 23.0. The summed E-state index contributed by atoms with van der Waals surface area (Å²) in [6.45, 7) is 8.50. The van der Waals surface area contributed by atoms with Crippen molar-refractivity contribution in [1.29, 1.82) is 0 Å². The topological polar surface area (TPSA) is 132 Å². The van der Waals surface area contributed by atoms with Crippen molar-refractivity contribution < 1.29 is 33.7 Å². The van der Waals surface area contributed by atoms with Gasteiger partial charge in [-0.15, -0.1) is 0 Å². The summed E-state index contributed by atoms with van der Waals surface area (Å²) in [6.07, 6.45) is 0.658. The van der Waals surface area contributed by atoms with Gasteiger partial charge in [-0.1, -0.05) is 26.0 Å². The lowest BCUT2D eigenvalue weighted by molar-refractivity contribution is -0.140. The molecule has 0 radical (unpaired) electrons. The van der Waals surface area contributed by atoms with Crippen molar-refractivity contribution in [2.75, 3.05) is 52.6 Å². The van der Waals surface area contributed by atoms with Crippen LogP contribution in [0.2, 0.25) is 0 Å². The zero-order chi connectivity index (χ0) is 28.6. The van der Waals surface area contributed by atoms with Gasteiger partial charge in [-0.25, -0.2) is 0 Å². The monoisotopic (exact) mass is 551 g/mol. The second-order valence-electron chi connectivity index (χ2n) is 10.4. The van der Waals surface area contributed by atoms with Crippen molar-refractivity contribution in [1.82, 2.24) is 9.80 Å². The Morgan fingerprint density at radius 2 is 1.62 bits per heavy atom. The molecule has 2 fully saturated rings. The molecule has 2 heterocycles. The molecule has 2 aliphatic rings. The van der Waals surface area contributed by atoms with Gasteiger partial charge in [0.05, 0.1) is 31.4 Å². The zero-order valence-corrected chi connectivity index (χ0v) is 23.0. The van der Waals surface area contributed by atoms with E-state index in [1.54, 1.807) is 48.5 Å². The van der Waals surface area contributed by atoms with Crippen LogP contribution in [0.3, 0.4) is 0 Å².